The van der Waals surface area contributed by atoms with E-state index in [-0.39, 0.29) is 5.41 Å². The Morgan fingerprint density at radius 2 is 1.73 bits per heavy atom. The van der Waals surface area contributed by atoms with Gasteiger partial charge in [0.15, 0.2) is 0 Å². The van der Waals surface area contributed by atoms with Crippen molar-refractivity contribution in [3.8, 4) is 0 Å². The van der Waals surface area contributed by atoms with E-state index in [0.29, 0.717) is 12.2 Å². The highest BCUT2D eigenvalue weighted by Crippen LogP contribution is 2.19. The number of carbonyl (C=O) groups excluding carboxylic acids is 1. The smallest absolute Gasteiger partial charge is 0.138 e. The summed E-state index contributed by atoms with van der Waals surface area (Å²) in [4.78, 5) is 11.7. The van der Waals surface area contributed by atoms with E-state index in [9.17, 15) is 4.79 Å². The van der Waals surface area contributed by atoms with Crippen LogP contribution in [0.15, 0.2) is 28.7 Å². The Balaban J connectivity index is 2.51. The first-order chi connectivity index (χ1) is 6.89. The van der Waals surface area contributed by atoms with Gasteiger partial charge in [-0.15, -0.1) is 0 Å². The molecule has 15 heavy (non-hydrogen) atoms. The van der Waals surface area contributed by atoms with Crippen LogP contribution in [0.2, 0.25) is 0 Å². The summed E-state index contributed by atoms with van der Waals surface area (Å²) in [5, 5.41) is 0. The fourth-order valence-electron chi connectivity index (χ4n) is 1.28. The van der Waals surface area contributed by atoms with Crippen LogP contribution in [0.5, 0.6) is 0 Å². The molecule has 0 spiro atoms. The largest absolute Gasteiger partial charge is 0.299 e. The quantitative estimate of drug-likeness (QED) is 0.810. The zero-order chi connectivity index (χ0) is 11.5. The minimum atomic E-state index is -0.213. The molecule has 0 amide bonds. The predicted octanol–water partition coefficient (Wildman–Crippen LogP) is 4.00. The molecule has 0 N–H and O–H groups in total. The van der Waals surface area contributed by atoms with E-state index in [0.717, 1.165) is 10.9 Å². The zero-order valence-corrected chi connectivity index (χ0v) is 11.1. The second-order valence-corrected chi connectivity index (χ2v) is 5.72. The van der Waals surface area contributed by atoms with Crippen molar-refractivity contribution in [2.45, 2.75) is 33.6 Å². The highest BCUT2D eigenvalue weighted by molar-refractivity contribution is 9.10. The molecule has 0 heterocycles. The summed E-state index contributed by atoms with van der Waals surface area (Å²) in [5.41, 5.74) is 1.01. The van der Waals surface area contributed by atoms with Gasteiger partial charge in [-0.05, 0) is 24.1 Å². The van der Waals surface area contributed by atoms with Crippen molar-refractivity contribution in [2.75, 3.05) is 0 Å². The molecule has 1 rings (SSSR count). The molecule has 0 saturated heterocycles. The molecule has 0 bridgehead atoms. The number of hydrogen-bond acceptors (Lipinski definition) is 1. The molecule has 0 atom stereocenters. The van der Waals surface area contributed by atoms with Crippen LogP contribution in [0.4, 0.5) is 0 Å². The van der Waals surface area contributed by atoms with Gasteiger partial charge in [-0.2, -0.15) is 0 Å². The standard InChI is InChI=1S/C13H17BrO/c1-13(2,3)12(15)9-6-10-4-7-11(14)8-5-10/h4-5,7-8H,6,9H2,1-3H3. The minimum Gasteiger partial charge on any atom is -0.299 e. The van der Waals surface area contributed by atoms with Crippen LogP contribution in [0.1, 0.15) is 32.8 Å². The number of rotatable bonds is 3. The molecule has 2 heteroatoms. The Labute approximate surface area is 100 Å². The second-order valence-electron chi connectivity index (χ2n) is 4.80. The predicted molar refractivity (Wildman–Crippen MR) is 66.9 cm³/mol. The normalized spacial score (nSPS) is 11.5. The molecule has 1 nitrogen and oxygen atoms in total. The van der Waals surface area contributed by atoms with Gasteiger partial charge < -0.3 is 0 Å². The summed E-state index contributed by atoms with van der Waals surface area (Å²) in [5.74, 6) is 0.324. The van der Waals surface area contributed by atoms with Crippen LogP contribution in [-0.2, 0) is 11.2 Å². The number of carbonyl (C=O) groups is 1. The lowest BCUT2D eigenvalue weighted by atomic mass is 9.87. The summed E-state index contributed by atoms with van der Waals surface area (Å²) in [6, 6.07) is 8.13. The maximum atomic E-state index is 11.7. The molecule has 0 saturated carbocycles. The molecule has 0 radical (unpaired) electrons. The van der Waals surface area contributed by atoms with Crippen LogP contribution in [0, 0.1) is 5.41 Å². The maximum absolute atomic E-state index is 11.7. The number of aryl methyl sites for hydroxylation is 1. The molecular formula is C13H17BrO. The zero-order valence-electron chi connectivity index (χ0n) is 9.51. The van der Waals surface area contributed by atoms with Gasteiger partial charge in [-0.3, -0.25) is 4.79 Å². The fourth-order valence-corrected chi connectivity index (χ4v) is 1.55. The average molecular weight is 269 g/mol. The van der Waals surface area contributed by atoms with Gasteiger partial charge in [0.1, 0.15) is 5.78 Å². The first-order valence-corrected chi connectivity index (χ1v) is 5.96. The molecule has 1 aromatic carbocycles. The Kier molecular flexibility index (Phi) is 4.09. The third-order valence-corrected chi connectivity index (χ3v) is 2.92. The van der Waals surface area contributed by atoms with Crippen LogP contribution < -0.4 is 0 Å². The lowest BCUT2D eigenvalue weighted by Crippen LogP contribution is -2.20. The highest BCUT2D eigenvalue weighted by atomic mass is 79.9. The number of halogens is 1. The van der Waals surface area contributed by atoms with Crippen molar-refractivity contribution in [2.24, 2.45) is 5.41 Å². The van der Waals surface area contributed by atoms with Gasteiger partial charge >= 0.3 is 0 Å². The average Bonchev–Trinajstić information content (AvgIpc) is 2.15. The molecule has 1 aromatic rings. The van der Waals surface area contributed by atoms with Crippen molar-refractivity contribution >= 4 is 21.7 Å². The van der Waals surface area contributed by atoms with Gasteiger partial charge in [-0.25, -0.2) is 0 Å². The van der Waals surface area contributed by atoms with Gasteiger partial charge in [0.05, 0.1) is 0 Å². The van der Waals surface area contributed by atoms with Crippen molar-refractivity contribution < 1.29 is 4.79 Å². The Morgan fingerprint density at radius 3 is 2.20 bits per heavy atom. The van der Waals surface area contributed by atoms with E-state index >= 15 is 0 Å². The molecule has 0 aliphatic rings. The monoisotopic (exact) mass is 268 g/mol. The number of benzene rings is 1. The van der Waals surface area contributed by atoms with Crippen LogP contribution in [-0.4, -0.2) is 5.78 Å². The Bertz CT molecular complexity index is 333. The van der Waals surface area contributed by atoms with Crippen molar-refractivity contribution in [3.63, 3.8) is 0 Å². The SMILES string of the molecule is CC(C)(C)C(=O)CCc1ccc(Br)cc1. The fraction of sp³-hybridized carbons (Fsp3) is 0.462. The maximum Gasteiger partial charge on any atom is 0.138 e. The summed E-state index contributed by atoms with van der Waals surface area (Å²) in [7, 11) is 0. The van der Waals surface area contributed by atoms with Crippen LogP contribution in [0.25, 0.3) is 0 Å². The summed E-state index contributed by atoms with van der Waals surface area (Å²) in [6.07, 6.45) is 1.47. The summed E-state index contributed by atoms with van der Waals surface area (Å²) >= 11 is 3.39. The van der Waals surface area contributed by atoms with E-state index in [4.69, 9.17) is 0 Å². The van der Waals surface area contributed by atoms with Crippen molar-refractivity contribution in [3.05, 3.63) is 34.3 Å². The van der Waals surface area contributed by atoms with Gasteiger partial charge in [0, 0.05) is 16.3 Å². The van der Waals surface area contributed by atoms with Crippen molar-refractivity contribution in [1.82, 2.24) is 0 Å². The van der Waals surface area contributed by atoms with E-state index in [2.05, 4.69) is 28.1 Å². The van der Waals surface area contributed by atoms with Crippen molar-refractivity contribution in [1.29, 1.82) is 0 Å². The number of hydrogen-bond donors (Lipinski definition) is 0. The third-order valence-electron chi connectivity index (χ3n) is 2.39. The van der Waals surface area contributed by atoms with E-state index in [1.54, 1.807) is 0 Å². The third kappa shape index (κ3) is 4.17. The first-order valence-electron chi connectivity index (χ1n) is 5.17. The molecule has 0 aromatic heterocycles. The van der Waals surface area contributed by atoms with Gasteiger partial charge in [-0.1, -0.05) is 48.8 Å². The molecule has 82 valence electrons. The lowest BCUT2D eigenvalue weighted by Gasteiger charge is -2.16. The van der Waals surface area contributed by atoms with Crippen LogP contribution >= 0.6 is 15.9 Å². The first kappa shape index (κ1) is 12.4. The Morgan fingerprint density at radius 1 is 1.20 bits per heavy atom. The molecular weight excluding hydrogens is 252 g/mol. The van der Waals surface area contributed by atoms with Gasteiger partial charge in [0.25, 0.3) is 0 Å². The Hall–Kier alpha value is -0.630. The van der Waals surface area contributed by atoms with E-state index in [1.807, 2.05) is 32.9 Å². The number of ketones is 1. The lowest BCUT2D eigenvalue weighted by molar-refractivity contribution is -0.126. The minimum absolute atomic E-state index is 0.213. The molecule has 0 aliphatic heterocycles. The van der Waals surface area contributed by atoms with E-state index in [1.165, 1.54) is 5.56 Å². The highest BCUT2D eigenvalue weighted by Gasteiger charge is 2.20. The molecule has 0 unspecified atom stereocenters. The number of Topliss-reactive ketones (excluding diaryl/α,β-unsaturated/α-hetero) is 1. The van der Waals surface area contributed by atoms with Gasteiger partial charge in [0.2, 0.25) is 0 Å². The van der Waals surface area contributed by atoms with Crippen LogP contribution in [0.3, 0.4) is 0 Å². The molecule has 0 fully saturated rings. The second kappa shape index (κ2) is 4.93. The molecule has 0 aliphatic carbocycles. The van der Waals surface area contributed by atoms with E-state index < -0.39 is 0 Å². The summed E-state index contributed by atoms with van der Waals surface area (Å²) in [6.45, 7) is 5.91. The topological polar surface area (TPSA) is 17.1 Å². The summed E-state index contributed by atoms with van der Waals surface area (Å²) < 4.78 is 1.08.